The minimum atomic E-state index is 0.849. The maximum atomic E-state index is 3.51. The fourth-order valence-corrected chi connectivity index (χ4v) is 19.6. The lowest BCUT2D eigenvalue weighted by Crippen LogP contribution is -2.48. The number of hydrogen-bond donors (Lipinski definition) is 2. The van der Waals surface area contributed by atoms with Gasteiger partial charge in [-0.3, -0.25) is 0 Å². The number of nitrogens with one attached hydrogen (secondary N) is 2. The minimum absolute atomic E-state index is 0.849. The number of hydrogen-bond acceptors (Lipinski definition) is 13. The first-order valence-corrected chi connectivity index (χ1v) is 60.6. The van der Waals surface area contributed by atoms with Gasteiger partial charge in [-0.1, -0.05) is 303 Å². The molecule has 0 aromatic carbocycles. The molecule has 10 aliphatic rings. The Labute approximate surface area is 854 Å². The second kappa shape index (κ2) is 93.3. The van der Waals surface area contributed by atoms with Gasteiger partial charge in [-0.05, 0) is 376 Å². The van der Waals surface area contributed by atoms with Crippen LogP contribution < -0.4 is 10.6 Å². The smallest absolute Gasteiger partial charge is 0.0110 e. The van der Waals surface area contributed by atoms with Gasteiger partial charge in [0.15, 0.2) is 0 Å². The fourth-order valence-electron chi connectivity index (χ4n) is 19.6. The summed E-state index contributed by atoms with van der Waals surface area (Å²) < 4.78 is 0. The van der Waals surface area contributed by atoms with Gasteiger partial charge in [0.2, 0.25) is 0 Å². The molecule has 0 bridgehead atoms. The minimum Gasteiger partial charge on any atom is -0.314 e. The zero-order chi connectivity index (χ0) is 101. The first-order chi connectivity index (χ1) is 64.3. The Kier molecular flexibility index (Phi) is 94.3. The van der Waals surface area contributed by atoms with E-state index in [9.17, 15) is 0 Å². The van der Waals surface area contributed by atoms with E-state index in [0.717, 1.165) is 101 Å². The van der Waals surface area contributed by atoms with Crippen molar-refractivity contribution in [3.05, 3.63) is 0 Å². The summed E-state index contributed by atoms with van der Waals surface area (Å²) in [5.41, 5.74) is 0. The Balaban J connectivity index is 0. The molecule has 0 aromatic rings. The molecule has 1 saturated carbocycles. The summed E-state index contributed by atoms with van der Waals surface area (Å²) in [6.07, 6.45) is 57.7. The van der Waals surface area contributed by atoms with Gasteiger partial charge in [0, 0.05) is 117 Å². The molecule has 1 aliphatic carbocycles. The largest absolute Gasteiger partial charge is 0.314 e. The topological polar surface area (TPSA) is 59.7 Å². The second-order valence-electron chi connectivity index (χ2n) is 50.2. The second-order valence-corrected chi connectivity index (χ2v) is 50.2. The van der Waals surface area contributed by atoms with Crippen molar-refractivity contribution in [2.75, 3.05) is 231 Å². The van der Waals surface area contributed by atoms with E-state index in [4.69, 9.17) is 0 Å². The van der Waals surface area contributed by atoms with Crippen LogP contribution >= 0.6 is 0 Å². The summed E-state index contributed by atoms with van der Waals surface area (Å²) in [6, 6.07) is 1.70. The lowest BCUT2D eigenvalue weighted by molar-refractivity contribution is 0.106. The van der Waals surface area contributed by atoms with E-state index in [0.29, 0.717) is 0 Å². The van der Waals surface area contributed by atoms with Gasteiger partial charge in [0.25, 0.3) is 0 Å². The molecule has 2 N–H and O–H groups in total. The van der Waals surface area contributed by atoms with Gasteiger partial charge in [-0.2, -0.15) is 0 Å². The van der Waals surface area contributed by atoms with Crippen molar-refractivity contribution in [2.45, 2.75) is 476 Å². The number of rotatable bonds is 47. The molecule has 814 valence electrons. The Morgan fingerprint density at radius 1 is 0.267 bits per heavy atom. The molecule has 9 aliphatic heterocycles. The highest BCUT2D eigenvalue weighted by molar-refractivity contribution is 4.83. The number of likely N-dealkylation sites (N-methyl/N-ethyl adjacent to an activating group) is 1. The first kappa shape index (κ1) is 137. The molecule has 10 fully saturated rings. The van der Waals surface area contributed by atoms with Crippen molar-refractivity contribution in [1.82, 2.24) is 64.5 Å². The van der Waals surface area contributed by atoms with E-state index in [2.05, 4.69) is 286 Å². The van der Waals surface area contributed by atoms with Crippen LogP contribution in [-0.2, 0) is 0 Å². The van der Waals surface area contributed by atoms with Crippen LogP contribution in [0.4, 0.5) is 0 Å². The summed E-state index contributed by atoms with van der Waals surface area (Å²) in [4.78, 5) is 28.4. The lowest BCUT2D eigenvalue weighted by Gasteiger charge is -2.37. The van der Waals surface area contributed by atoms with Crippen LogP contribution in [-0.4, -0.2) is 297 Å². The zero-order valence-electron chi connectivity index (χ0n) is 99.4. The molecule has 10 rings (SSSR count). The Morgan fingerprint density at radius 2 is 0.637 bits per heavy atom. The molecule has 4 atom stereocenters. The normalized spacial score (nSPS) is 21.0. The van der Waals surface area contributed by atoms with Crippen LogP contribution in [0, 0.1) is 88.8 Å². The van der Waals surface area contributed by atoms with Crippen LogP contribution in [0.15, 0.2) is 0 Å². The fraction of sp³-hybridized carbons (Fsp3) is 1.00. The van der Waals surface area contributed by atoms with Gasteiger partial charge in [0.05, 0.1) is 0 Å². The highest BCUT2D eigenvalue weighted by Gasteiger charge is 2.27. The third-order valence-corrected chi connectivity index (χ3v) is 29.6. The van der Waals surface area contributed by atoms with Crippen LogP contribution in [0.2, 0.25) is 0 Å². The van der Waals surface area contributed by atoms with Crippen molar-refractivity contribution >= 4 is 0 Å². The SMILES string of the molecule is CC(C)CCC1CCCN1.CC(C)CCCCN(C)C.CC(C)CCCN1CCCC1.CC(C)CCCN1CCNCC1.CC(C)CCN1CCC(C)C1.CC(C)CCN1CCC(CN2CCCC2)C1.CC(C)CCN1CCCC1C.CC(C)CCN1CCN(C)CC1.CC(C)CCN1CCN(CC2CCCCC2)CC1.CCCCC(C)C.CCCCCC(C)C.CCCCCCC(C)C. The highest BCUT2D eigenvalue weighted by Crippen LogP contribution is 2.27. The predicted molar refractivity (Wildman–Crippen MR) is 614 cm³/mol. The van der Waals surface area contributed by atoms with Crippen molar-refractivity contribution in [3.63, 3.8) is 0 Å². The van der Waals surface area contributed by atoms with Gasteiger partial charge >= 0.3 is 0 Å². The van der Waals surface area contributed by atoms with Crippen molar-refractivity contribution in [1.29, 1.82) is 0 Å². The molecule has 13 nitrogen and oxygen atoms in total. The summed E-state index contributed by atoms with van der Waals surface area (Å²) in [5, 5.41) is 6.88. The van der Waals surface area contributed by atoms with Gasteiger partial charge in [-0.25, -0.2) is 0 Å². The lowest BCUT2D eigenvalue weighted by atomic mass is 9.89. The molecule has 4 unspecified atom stereocenters. The number of nitrogens with zero attached hydrogens (tertiary/aromatic N) is 11. The molecule has 0 aromatic heterocycles. The van der Waals surface area contributed by atoms with E-state index in [1.807, 2.05) is 0 Å². The summed E-state index contributed by atoms with van der Waals surface area (Å²) in [7, 11) is 6.48. The maximum Gasteiger partial charge on any atom is 0.0110 e. The zero-order valence-corrected chi connectivity index (χ0v) is 99.4. The predicted octanol–water partition coefficient (Wildman–Crippen LogP) is 29.9. The van der Waals surface area contributed by atoms with E-state index in [-0.39, 0.29) is 0 Å². The highest BCUT2D eigenvalue weighted by atomic mass is 15.3. The quantitative estimate of drug-likeness (QED) is 0.0570. The molecular formula is C122H261N13. The standard InChI is InChI=1S/C16H32N2.C14H28N2.2C10H22N2.3C10H21N.C9H19N.C9H21N.C9H20.C8H18.C7H16/c1-15(2)8-9-17-10-12-18(13-11-17)14-16-6-4-3-5-7-16;1-13(2)5-9-16-10-6-14(12-16)11-15-7-3-4-8-15;1-10(2)4-5-12-8-6-11(3)7-9-12;1-10(2)4-3-7-12-8-5-11-6-9-12;1-9(2)4-6-11-7-5-10(3)8-11;1-9(2)6-8-11-7-4-5-10(11)3;1-10(2)6-5-9-11-7-3-4-8-11;1-8(2)5-6-9-4-3-7-10-9;1-9(2)7-5-6-8-10(3)4;1-4-5-6-7-8-9(2)3;1-4-5-6-7-8(2)3;1-4-5-6-7(2)3/h15-16H,3-14H2,1-2H3;13-14H,3-12H2,1-2H3;10H,4-9H2,1-3H3;10-11H,3-9H2,1-2H3;2*9-10H,4-8H2,1-3H3;10H,3-9H2,1-2H3;8-10H,3-7H2,1-2H3;9H,5-8H2,1-4H3;9H,4-8H2,1-3H3;8H,4-7H2,1-3H3;7H,4-6H2,1-3H3. The molecule has 0 spiro atoms. The number of piperazine rings is 3. The Hall–Kier alpha value is -0.520. The van der Waals surface area contributed by atoms with Crippen molar-refractivity contribution in [2.24, 2.45) is 88.8 Å². The van der Waals surface area contributed by atoms with Crippen LogP contribution in [0.25, 0.3) is 0 Å². The van der Waals surface area contributed by atoms with Crippen molar-refractivity contribution < 1.29 is 0 Å². The number of likely N-dealkylation sites (tertiary alicyclic amines) is 5. The molecule has 9 heterocycles. The Bertz CT molecular complexity index is 2310. The van der Waals surface area contributed by atoms with Crippen molar-refractivity contribution in [3.8, 4) is 0 Å². The third-order valence-electron chi connectivity index (χ3n) is 29.6. The molecule has 0 amide bonds. The van der Waals surface area contributed by atoms with Crippen LogP contribution in [0.5, 0.6) is 0 Å². The van der Waals surface area contributed by atoms with E-state index < -0.39 is 0 Å². The monoisotopic (exact) mass is 1910 g/mol. The summed E-state index contributed by atoms with van der Waals surface area (Å²) in [5.74, 6) is 13.4. The number of unbranched alkanes of at least 4 members (excludes halogenated alkanes) is 7. The maximum absolute atomic E-state index is 3.51. The summed E-state index contributed by atoms with van der Waals surface area (Å²) in [6.45, 7) is 109. The first-order valence-electron chi connectivity index (χ1n) is 60.6. The Morgan fingerprint density at radius 3 is 1.05 bits per heavy atom. The van der Waals surface area contributed by atoms with Gasteiger partial charge in [0.1, 0.15) is 0 Å². The van der Waals surface area contributed by atoms with Crippen LogP contribution in [0.1, 0.15) is 464 Å². The van der Waals surface area contributed by atoms with E-state index >= 15 is 0 Å². The average Bonchev–Trinajstić information content (AvgIpc) is 1.87. The van der Waals surface area contributed by atoms with E-state index in [1.165, 1.54) is 473 Å². The summed E-state index contributed by atoms with van der Waals surface area (Å²) >= 11 is 0. The molecule has 0 radical (unpaired) electrons. The average molecular weight is 1910 g/mol. The molecular weight excluding hydrogens is 1650 g/mol. The molecule has 9 saturated heterocycles. The van der Waals surface area contributed by atoms with Crippen LogP contribution in [0.3, 0.4) is 0 Å². The van der Waals surface area contributed by atoms with Gasteiger partial charge < -0.3 is 64.5 Å². The third kappa shape index (κ3) is 94.2. The van der Waals surface area contributed by atoms with Gasteiger partial charge in [-0.15, -0.1) is 0 Å². The van der Waals surface area contributed by atoms with E-state index in [1.54, 1.807) is 0 Å². The molecule has 135 heavy (non-hydrogen) atoms. The molecule has 13 heteroatoms.